The van der Waals surface area contributed by atoms with E-state index in [1.165, 1.54) is 56.4 Å². The van der Waals surface area contributed by atoms with Crippen molar-refractivity contribution in [2.45, 2.75) is 52.1 Å². The lowest BCUT2D eigenvalue weighted by molar-refractivity contribution is 0.0732. The Bertz CT molecular complexity index is 671. The fourth-order valence-electron chi connectivity index (χ4n) is 4.56. The number of nitrogens with zero attached hydrogens (tertiary/aromatic N) is 3. The van der Waals surface area contributed by atoms with Crippen LogP contribution in [0.1, 0.15) is 50.2 Å². The molecular weight excluding hydrogens is 386 g/mol. The van der Waals surface area contributed by atoms with E-state index < -0.39 is 0 Å². The lowest BCUT2D eigenvalue weighted by Crippen LogP contribution is -2.46. The molecule has 1 saturated heterocycles. The predicted octanol–water partition coefficient (Wildman–Crippen LogP) is 3.09. The largest absolute Gasteiger partial charge is 0.385 e. The molecule has 1 aromatic carbocycles. The number of aliphatic imine (C=N–C) groups is 1. The molecule has 1 aliphatic heterocycles. The van der Waals surface area contributed by atoms with Crippen LogP contribution in [0.3, 0.4) is 0 Å². The van der Waals surface area contributed by atoms with Crippen LogP contribution in [-0.2, 0) is 17.8 Å². The molecule has 2 aliphatic rings. The first-order valence-electron chi connectivity index (χ1n) is 12.1. The SMILES string of the molecule is CCNC(=NCc1ccc(CN2CCCN(C)CC2)cc1)NCC1(CCOC)CCC1. The van der Waals surface area contributed by atoms with Crippen LogP contribution in [0.5, 0.6) is 0 Å². The van der Waals surface area contributed by atoms with Gasteiger partial charge in [-0.25, -0.2) is 4.99 Å². The van der Waals surface area contributed by atoms with Crippen molar-refractivity contribution < 1.29 is 4.74 Å². The van der Waals surface area contributed by atoms with Gasteiger partial charge in [-0.05, 0) is 69.3 Å². The van der Waals surface area contributed by atoms with Gasteiger partial charge in [-0.2, -0.15) is 0 Å². The Morgan fingerprint density at radius 3 is 2.48 bits per heavy atom. The summed E-state index contributed by atoms with van der Waals surface area (Å²) in [7, 11) is 4.02. The van der Waals surface area contributed by atoms with Crippen LogP contribution in [0.15, 0.2) is 29.3 Å². The topological polar surface area (TPSA) is 52.1 Å². The maximum Gasteiger partial charge on any atom is 0.191 e. The summed E-state index contributed by atoms with van der Waals surface area (Å²) in [5.41, 5.74) is 3.04. The van der Waals surface area contributed by atoms with Crippen molar-refractivity contribution in [1.29, 1.82) is 0 Å². The molecule has 0 amide bonds. The molecule has 0 aromatic heterocycles. The number of hydrogen-bond acceptors (Lipinski definition) is 4. The summed E-state index contributed by atoms with van der Waals surface area (Å²) >= 11 is 0. The summed E-state index contributed by atoms with van der Waals surface area (Å²) in [5, 5.41) is 6.99. The zero-order chi connectivity index (χ0) is 21.9. The van der Waals surface area contributed by atoms with Gasteiger partial charge in [0.25, 0.3) is 0 Å². The molecule has 2 fully saturated rings. The minimum absolute atomic E-state index is 0.385. The van der Waals surface area contributed by atoms with E-state index in [0.29, 0.717) is 12.0 Å². The number of methoxy groups -OCH3 is 1. The van der Waals surface area contributed by atoms with E-state index in [2.05, 4.69) is 58.7 Å². The van der Waals surface area contributed by atoms with Gasteiger partial charge in [0.2, 0.25) is 0 Å². The first kappa shape index (κ1) is 24.0. The highest BCUT2D eigenvalue weighted by molar-refractivity contribution is 5.79. The van der Waals surface area contributed by atoms with Crippen molar-refractivity contribution in [1.82, 2.24) is 20.4 Å². The highest BCUT2D eigenvalue weighted by atomic mass is 16.5. The normalized spacial score (nSPS) is 20.2. The zero-order valence-electron chi connectivity index (χ0n) is 20.0. The lowest BCUT2D eigenvalue weighted by Gasteiger charge is -2.42. The maximum atomic E-state index is 5.32. The summed E-state index contributed by atoms with van der Waals surface area (Å²) in [5.74, 6) is 0.920. The van der Waals surface area contributed by atoms with Crippen LogP contribution >= 0.6 is 0 Å². The van der Waals surface area contributed by atoms with Gasteiger partial charge in [-0.3, -0.25) is 4.90 Å². The third-order valence-corrected chi connectivity index (χ3v) is 6.89. The molecule has 0 spiro atoms. The van der Waals surface area contributed by atoms with Crippen molar-refractivity contribution in [3.8, 4) is 0 Å². The Kier molecular flexibility index (Phi) is 9.62. The third-order valence-electron chi connectivity index (χ3n) is 6.89. The Hall–Kier alpha value is -1.63. The quantitative estimate of drug-likeness (QED) is 0.442. The monoisotopic (exact) mass is 429 g/mol. The van der Waals surface area contributed by atoms with Crippen molar-refractivity contribution in [2.24, 2.45) is 10.4 Å². The fourth-order valence-corrected chi connectivity index (χ4v) is 4.56. The smallest absolute Gasteiger partial charge is 0.191 e. The van der Waals surface area contributed by atoms with Crippen LogP contribution in [0.2, 0.25) is 0 Å². The van der Waals surface area contributed by atoms with E-state index in [0.717, 1.165) is 45.2 Å². The number of benzene rings is 1. The number of nitrogens with one attached hydrogen (secondary N) is 2. The van der Waals surface area contributed by atoms with Crippen molar-refractivity contribution in [2.75, 3.05) is 60.0 Å². The summed E-state index contributed by atoms with van der Waals surface area (Å²) < 4.78 is 5.32. The van der Waals surface area contributed by atoms with E-state index in [9.17, 15) is 0 Å². The molecule has 2 N–H and O–H groups in total. The molecule has 31 heavy (non-hydrogen) atoms. The summed E-state index contributed by atoms with van der Waals surface area (Å²) in [6.45, 7) is 11.3. The van der Waals surface area contributed by atoms with Crippen LogP contribution < -0.4 is 10.6 Å². The molecule has 1 aliphatic carbocycles. The van der Waals surface area contributed by atoms with Crippen LogP contribution in [0.4, 0.5) is 0 Å². The highest BCUT2D eigenvalue weighted by Gasteiger charge is 2.36. The van der Waals surface area contributed by atoms with Gasteiger partial charge in [-0.15, -0.1) is 0 Å². The Morgan fingerprint density at radius 2 is 1.81 bits per heavy atom. The fraction of sp³-hybridized carbons (Fsp3) is 0.720. The van der Waals surface area contributed by atoms with Gasteiger partial charge in [0.1, 0.15) is 0 Å². The van der Waals surface area contributed by atoms with Crippen LogP contribution in [-0.4, -0.2) is 75.8 Å². The minimum atomic E-state index is 0.385. The van der Waals surface area contributed by atoms with E-state index in [1.54, 1.807) is 7.11 Å². The summed E-state index contributed by atoms with van der Waals surface area (Å²) in [4.78, 5) is 9.84. The summed E-state index contributed by atoms with van der Waals surface area (Å²) in [6, 6.07) is 9.01. The molecule has 0 bridgehead atoms. The van der Waals surface area contributed by atoms with Crippen LogP contribution in [0.25, 0.3) is 0 Å². The van der Waals surface area contributed by atoms with Crippen molar-refractivity contribution in [3.05, 3.63) is 35.4 Å². The molecule has 0 atom stereocenters. The molecule has 1 saturated carbocycles. The molecular formula is C25H43N5O. The maximum absolute atomic E-state index is 5.32. The number of guanidine groups is 1. The standard InChI is InChI=1S/C25H43N5O/c1-4-26-24(28-21-25(11-5-12-25)13-18-31-3)27-19-22-7-9-23(10-8-22)20-30-15-6-14-29(2)16-17-30/h7-10H,4-6,11-21H2,1-3H3,(H2,26,27,28). The predicted molar refractivity (Wildman–Crippen MR) is 129 cm³/mol. The molecule has 6 nitrogen and oxygen atoms in total. The van der Waals surface area contributed by atoms with Gasteiger partial charge in [0.05, 0.1) is 6.54 Å². The van der Waals surface area contributed by atoms with E-state index >= 15 is 0 Å². The zero-order valence-corrected chi connectivity index (χ0v) is 20.0. The molecule has 1 aromatic rings. The number of rotatable bonds is 10. The van der Waals surface area contributed by atoms with Crippen LogP contribution in [0, 0.1) is 5.41 Å². The van der Waals surface area contributed by atoms with Gasteiger partial charge in [0.15, 0.2) is 5.96 Å². The summed E-state index contributed by atoms with van der Waals surface area (Å²) in [6.07, 6.45) is 6.30. The number of hydrogen-bond donors (Lipinski definition) is 2. The van der Waals surface area contributed by atoms with E-state index in [-0.39, 0.29) is 0 Å². The molecule has 3 rings (SSSR count). The van der Waals surface area contributed by atoms with Gasteiger partial charge in [0, 0.05) is 46.4 Å². The second-order valence-electron chi connectivity index (χ2n) is 9.39. The van der Waals surface area contributed by atoms with Crippen molar-refractivity contribution >= 4 is 5.96 Å². The number of likely N-dealkylation sites (N-methyl/N-ethyl adjacent to an activating group) is 1. The first-order chi connectivity index (χ1) is 15.1. The Labute approximate surface area is 189 Å². The second kappa shape index (κ2) is 12.4. The first-order valence-corrected chi connectivity index (χ1v) is 12.1. The molecule has 6 heteroatoms. The molecule has 174 valence electrons. The van der Waals surface area contributed by atoms with Gasteiger partial charge in [-0.1, -0.05) is 30.7 Å². The van der Waals surface area contributed by atoms with Gasteiger partial charge < -0.3 is 20.3 Å². The third kappa shape index (κ3) is 7.78. The number of ether oxygens (including phenoxy) is 1. The average Bonchev–Trinajstić information content (AvgIpc) is 2.96. The molecule has 0 unspecified atom stereocenters. The second-order valence-corrected chi connectivity index (χ2v) is 9.39. The van der Waals surface area contributed by atoms with E-state index in [4.69, 9.17) is 9.73 Å². The molecule has 0 radical (unpaired) electrons. The average molecular weight is 430 g/mol. The highest BCUT2D eigenvalue weighted by Crippen LogP contribution is 2.43. The Morgan fingerprint density at radius 1 is 1.03 bits per heavy atom. The van der Waals surface area contributed by atoms with Gasteiger partial charge >= 0.3 is 0 Å². The van der Waals surface area contributed by atoms with E-state index in [1.807, 2.05) is 0 Å². The Balaban J connectivity index is 1.49. The minimum Gasteiger partial charge on any atom is -0.385 e. The van der Waals surface area contributed by atoms with Crippen molar-refractivity contribution in [3.63, 3.8) is 0 Å². The lowest BCUT2D eigenvalue weighted by atomic mass is 9.67. The molecule has 1 heterocycles.